The summed E-state index contributed by atoms with van der Waals surface area (Å²) in [6.45, 7) is 6.73. The molecule has 1 atom stereocenters. The number of aromatic hydroxyl groups is 1. The molecule has 0 amide bonds. The summed E-state index contributed by atoms with van der Waals surface area (Å²) in [5.41, 5.74) is 0.852. The van der Waals surface area contributed by atoms with Gasteiger partial charge in [0.15, 0.2) is 11.5 Å². The maximum Gasteiger partial charge on any atom is 0.231 e. The molecule has 1 unspecified atom stereocenters. The summed E-state index contributed by atoms with van der Waals surface area (Å²) in [6.07, 6.45) is 1.05. The highest BCUT2D eigenvalue weighted by molar-refractivity contribution is 5.51. The van der Waals surface area contributed by atoms with Crippen molar-refractivity contribution in [2.45, 2.75) is 32.9 Å². The van der Waals surface area contributed by atoms with Gasteiger partial charge >= 0.3 is 0 Å². The fourth-order valence-electron chi connectivity index (χ4n) is 2.24. The van der Waals surface area contributed by atoms with Crippen LogP contribution < -0.4 is 9.47 Å². The zero-order valence-corrected chi connectivity index (χ0v) is 12.4. The first-order chi connectivity index (χ1) is 9.65. The van der Waals surface area contributed by atoms with Crippen molar-refractivity contribution in [2.75, 3.05) is 27.1 Å². The normalized spacial score (nSPS) is 14.8. The summed E-state index contributed by atoms with van der Waals surface area (Å²) in [5, 5.41) is 10.1. The van der Waals surface area contributed by atoms with E-state index in [1.54, 1.807) is 13.2 Å². The summed E-state index contributed by atoms with van der Waals surface area (Å²) in [4.78, 5) is 2.29. The van der Waals surface area contributed by atoms with Crippen molar-refractivity contribution in [2.24, 2.45) is 0 Å². The second kappa shape index (κ2) is 6.81. The average Bonchev–Trinajstić information content (AvgIpc) is 2.89. The van der Waals surface area contributed by atoms with Gasteiger partial charge < -0.3 is 19.3 Å². The average molecular weight is 281 g/mol. The Morgan fingerprint density at radius 1 is 1.35 bits per heavy atom. The Bertz CT molecular complexity index is 450. The van der Waals surface area contributed by atoms with E-state index in [4.69, 9.17) is 14.2 Å². The van der Waals surface area contributed by atoms with Crippen LogP contribution in [0.1, 0.15) is 25.8 Å². The lowest BCUT2D eigenvalue weighted by molar-refractivity contribution is 0.117. The Labute approximate surface area is 120 Å². The lowest BCUT2D eigenvalue weighted by atomic mass is 10.1. The van der Waals surface area contributed by atoms with Gasteiger partial charge in [0.25, 0.3) is 0 Å². The monoisotopic (exact) mass is 281 g/mol. The molecule has 5 nitrogen and oxygen atoms in total. The number of phenols is 1. The van der Waals surface area contributed by atoms with Crippen molar-refractivity contribution in [3.05, 3.63) is 17.7 Å². The molecule has 0 saturated heterocycles. The van der Waals surface area contributed by atoms with Crippen LogP contribution >= 0.6 is 0 Å². The topological polar surface area (TPSA) is 51.2 Å². The molecular weight excluding hydrogens is 258 g/mol. The molecule has 2 rings (SSSR count). The second-order valence-electron chi connectivity index (χ2n) is 5.05. The van der Waals surface area contributed by atoms with Crippen molar-refractivity contribution < 1.29 is 19.3 Å². The third kappa shape index (κ3) is 3.35. The number of methoxy groups -OCH3 is 1. The summed E-state index contributed by atoms with van der Waals surface area (Å²) < 4.78 is 15.8. The molecule has 0 fully saturated rings. The molecule has 20 heavy (non-hydrogen) atoms. The van der Waals surface area contributed by atoms with Crippen LogP contribution in [0.4, 0.5) is 0 Å². The van der Waals surface area contributed by atoms with Crippen LogP contribution in [-0.4, -0.2) is 43.1 Å². The van der Waals surface area contributed by atoms with Gasteiger partial charge in [-0.3, -0.25) is 4.90 Å². The Morgan fingerprint density at radius 2 is 2.05 bits per heavy atom. The van der Waals surface area contributed by atoms with Crippen LogP contribution in [0.2, 0.25) is 0 Å². The molecule has 0 radical (unpaired) electrons. The summed E-state index contributed by atoms with van der Waals surface area (Å²) in [5.74, 6) is 1.56. The molecule has 5 heteroatoms. The SMILES string of the molecule is CCC(C)N(CCOC)Cc1cc2c(cc1O)OCO2. The van der Waals surface area contributed by atoms with Gasteiger partial charge in [-0.25, -0.2) is 0 Å². The number of phenolic OH excluding ortho intramolecular Hbond substituents is 1. The number of rotatable bonds is 7. The fourth-order valence-corrected chi connectivity index (χ4v) is 2.24. The van der Waals surface area contributed by atoms with Crippen LogP contribution in [0.3, 0.4) is 0 Å². The molecule has 1 N–H and O–H groups in total. The highest BCUT2D eigenvalue weighted by Crippen LogP contribution is 2.38. The molecule has 0 spiro atoms. The Kier molecular flexibility index (Phi) is 5.09. The number of ether oxygens (including phenoxy) is 3. The van der Waals surface area contributed by atoms with Crippen molar-refractivity contribution in [1.82, 2.24) is 4.90 Å². The molecule has 0 saturated carbocycles. The van der Waals surface area contributed by atoms with Gasteiger partial charge in [-0.1, -0.05) is 6.92 Å². The van der Waals surface area contributed by atoms with E-state index < -0.39 is 0 Å². The van der Waals surface area contributed by atoms with E-state index in [1.807, 2.05) is 6.07 Å². The van der Waals surface area contributed by atoms with Crippen LogP contribution in [0, 0.1) is 0 Å². The molecular formula is C15H23NO4. The minimum atomic E-state index is 0.219. The van der Waals surface area contributed by atoms with Crippen LogP contribution in [0.25, 0.3) is 0 Å². The standard InChI is InChI=1S/C15H23NO4/c1-4-11(2)16(5-6-18-3)9-12-7-14-15(8-13(12)17)20-10-19-14/h7-8,11,17H,4-6,9-10H2,1-3H3. The van der Waals surface area contributed by atoms with Crippen LogP contribution in [-0.2, 0) is 11.3 Å². The first kappa shape index (κ1) is 14.9. The third-order valence-corrected chi connectivity index (χ3v) is 3.74. The first-order valence-electron chi connectivity index (χ1n) is 7.00. The van der Waals surface area contributed by atoms with E-state index in [0.29, 0.717) is 30.7 Å². The maximum absolute atomic E-state index is 10.1. The second-order valence-corrected chi connectivity index (χ2v) is 5.05. The zero-order chi connectivity index (χ0) is 14.5. The maximum atomic E-state index is 10.1. The Morgan fingerprint density at radius 3 is 2.70 bits per heavy atom. The molecule has 1 heterocycles. The lowest BCUT2D eigenvalue weighted by Crippen LogP contribution is -2.34. The number of nitrogens with zero attached hydrogens (tertiary/aromatic N) is 1. The van der Waals surface area contributed by atoms with Gasteiger partial charge in [0.2, 0.25) is 6.79 Å². The van der Waals surface area contributed by atoms with Gasteiger partial charge in [-0.05, 0) is 19.4 Å². The van der Waals surface area contributed by atoms with Crippen molar-refractivity contribution in [1.29, 1.82) is 0 Å². The molecule has 1 aromatic carbocycles. The first-order valence-corrected chi connectivity index (χ1v) is 7.00. The highest BCUT2D eigenvalue weighted by atomic mass is 16.7. The predicted octanol–water partition coefficient (Wildman–Crippen LogP) is 2.37. The van der Waals surface area contributed by atoms with E-state index >= 15 is 0 Å². The van der Waals surface area contributed by atoms with Crippen molar-refractivity contribution >= 4 is 0 Å². The van der Waals surface area contributed by atoms with Gasteiger partial charge in [0.05, 0.1) is 6.61 Å². The smallest absolute Gasteiger partial charge is 0.231 e. The Balaban J connectivity index is 2.13. The summed E-state index contributed by atoms with van der Waals surface area (Å²) >= 11 is 0. The number of fused-ring (bicyclic) bond motifs is 1. The third-order valence-electron chi connectivity index (χ3n) is 3.74. The van der Waals surface area contributed by atoms with Crippen LogP contribution in [0.15, 0.2) is 12.1 Å². The molecule has 0 aliphatic carbocycles. The van der Waals surface area contributed by atoms with Gasteiger partial charge in [-0.15, -0.1) is 0 Å². The summed E-state index contributed by atoms with van der Waals surface area (Å²) in [7, 11) is 1.70. The van der Waals surface area contributed by atoms with E-state index in [-0.39, 0.29) is 12.5 Å². The van der Waals surface area contributed by atoms with Gasteiger partial charge in [0.1, 0.15) is 5.75 Å². The number of benzene rings is 1. The molecule has 0 aromatic heterocycles. The highest BCUT2D eigenvalue weighted by Gasteiger charge is 2.20. The van der Waals surface area contributed by atoms with Gasteiger partial charge in [0, 0.05) is 37.9 Å². The fraction of sp³-hybridized carbons (Fsp3) is 0.600. The predicted molar refractivity (Wildman–Crippen MR) is 76.3 cm³/mol. The largest absolute Gasteiger partial charge is 0.507 e. The summed E-state index contributed by atoms with van der Waals surface area (Å²) in [6, 6.07) is 3.91. The molecule has 1 aliphatic rings. The van der Waals surface area contributed by atoms with E-state index in [0.717, 1.165) is 18.5 Å². The zero-order valence-electron chi connectivity index (χ0n) is 12.4. The van der Waals surface area contributed by atoms with E-state index in [2.05, 4.69) is 18.7 Å². The lowest BCUT2D eigenvalue weighted by Gasteiger charge is -2.28. The quantitative estimate of drug-likeness (QED) is 0.831. The number of hydrogen-bond donors (Lipinski definition) is 1. The van der Waals surface area contributed by atoms with Crippen LogP contribution in [0.5, 0.6) is 17.2 Å². The molecule has 1 aliphatic heterocycles. The van der Waals surface area contributed by atoms with Crippen molar-refractivity contribution in [3.63, 3.8) is 0 Å². The molecule has 112 valence electrons. The van der Waals surface area contributed by atoms with Crippen molar-refractivity contribution in [3.8, 4) is 17.2 Å². The van der Waals surface area contributed by atoms with E-state index in [9.17, 15) is 5.11 Å². The molecule has 0 bridgehead atoms. The number of hydrogen-bond acceptors (Lipinski definition) is 5. The Hall–Kier alpha value is -1.46. The minimum absolute atomic E-state index is 0.219. The van der Waals surface area contributed by atoms with Gasteiger partial charge in [-0.2, -0.15) is 0 Å². The minimum Gasteiger partial charge on any atom is -0.507 e. The molecule has 1 aromatic rings. The van der Waals surface area contributed by atoms with E-state index in [1.165, 1.54) is 0 Å².